The van der Waals surface area contributed by atoms with Gasteiger partial charge in [-0.15, -0.1) is 0 Å². The Morgan fingerprint density at radius 3 is 2.70 bits per heavy atom. The molecule has 0 aromatic heterocycles. The first kappa shape index (κ1) is 13.9. The molecule has 0 heterocycles. The molecule has 20 heavy (non-hydrogen) atoms. The van der Waals surface area contributed by atoms with Crippen LogP contribution in [0.5, 0.6) is 5.75 Å². The van der Waals surface area contributed by atoms with E-state index < -0.39 is 4.92 Å². The smallest absolute Gasteiger partial charge is 0.269 e. The topological polar surface area (TPSA) is 78.4 Å². The van der Waals surface area contributed by atoms with Crippen molar-refractivity contribution in [2.75, 3.05) is 12.8 Å². The van der Waals surface area contributed by atoms with Crippen LogP contribution in [-0.2, 0) is 6.42 Å². The fraction of sp³-hybridized carbons (Fsp3) is 0.200. The number of ether oxygens (including phenoxy) is 1. The van der Waals surface area contributed by atoms with Crippen LogP contribution in [0.15, 0.2) is 36.4 Å². The zero-order valence-electron chi connectivity index (χ0n) is 11.4. The number of nitrogens with two attached hydrogens (primary N) is 1. The van der Waals surface area contributed by atoms with E-state index in [1.807, 2.05) is 19.1 Å². The van der Waals surface area contributed by atoms with Crippen LogP contribution in [0.2, 0.25) is 0 Å². The third kappa shape index (κ3) is 2.88. The minimum absolute atomic E-state index is 0.0935. The van der Waals surface area contributed by atoms with E-state index in [2.05, 4.69) is 0 Å². The molecule has 104 valence electrons. The number of anilines is 1. The van der Waals surface area contributed by atoms with Gasteiger partial charge in [-0.3, -0.25) is 10.1 Å². The van der Waals surface area contributed by atoms with E-state index in [1.54, 1.807) is 25.3 Å². The van der Waals surface area contributed by atoms with E-state index in [0.717, 1.165) is 16.7 Å². The Kier molecular flexibility index (Phi) is 3.89. The van der Waals surface area contributed by atoms with Crippen LogP contribution < -0.4 is 10.5 Å². The maximum Gasteiger partial charge on any atom is 0.269 e. The maximum atomic E-state index is 10.8. The van der Waals surface area contributed by atoms with Gasteiger partial charge in [0.25, 0.3) is 5.69 Å². The summed E-state index contributed by atoms with van der Waals surface area (Å²) in [4.78, 5) is 10.4. The van der Waals surface area contributed by atoms with Crippen LogP contribution in [0.4, 0.5) is 11.4 Å². The van der Waals surface area contributed by atoms with Gasteiger partial charge in [0, 0.05) is 23.9 Å². The summed E-state index contributed by atoms with van der Waals surface area (Å²) in [6.07, 6.45) is 0.578. The number of benzene rings is 2. The van der Waals surface area contributed by atoms with Crippen molar-refractivity contribution < 1.29 is 9.66 Å². The van der Waals surface area contributed by atoms with Crippen LogP contribution in [0, 0.1) is 17.0 Å². The number of rotatable bonds is 4. The number of hydrogen-bond donors (Lipinski definition) is 1. The third-order valence-electron chi connectivity index (χ3n) is 3.28. The van der Waals surface area contributed by atoms with Gasteiger partial charge in [-0.05, 0) is 36.1 Å². The molecule has 2 aromatic rings. The number of nitro benzene ring substituents is 1. The molecular formula is C15H16N2O3. The highest BCUT2D eigenvalue weighted by atomic mass is 16.6. The monoisotopic (exact) mass is 272 g/mol. The van der Waals surface area contributed by atoms with Crippen LogP contribution in [0.1, 0.15) is 16.7 Å². The quantitative estimate of drug-likeness (QED) is 0.527. The Hall–Kier alpha value is -2.56. The summed E-state index contributed by atoms with van der Waals surface area (Å²) in [5, 5.41) is 10.8. The van der Waals surface area contributed by atoms with Gasteiger partial charge in [0.1, 0.15) is 5.75 Å². The summed E-state index contributed by atoms with van der Waals surface area (Å²) >= 11 is 0. The van der Waals surface area contributed by atoms with Gasteiger partial charge in [-0.25, -0.2) is 0 Å². The van der Waals surface area contributed by atoms with Crippen molar-refractivity contribution >= 4 is 11.4 Å². The largest absolute Gasteiger partial charge is 0.497 e. The van der Waals surface area contributed by atoms with Crippen LogP contribution in [-0.4, -0.2) is 12.0 Å². The predicted octanol–water partition coefficient (Wildman–Crippen LogP) is 3.08. The van der Waals surface area contributed by atoms with E-state index >= 15 is 0 Å². The molecule has 0 atom stereocenters. The van der Waals surface area contributed by atoms with Gasteiger partial charge in [0.2, 0.25) is 0 Å². The fourth-order valence-corrected chi connectivity index (χ4v) is 2.07. The van der Waals surface area contributed by atoms with E-state index in [0.29, 0.717) is 17.9 Å². The second-order valence-electron chi connectivity index (χ2n) is 4.60. The summed E-state index contributed by atoms with van der Waals surface area (Å²) in [5.74, 6) is 0.688. The Bertz CT molecular complexity index is 654. The Balaban J connectivity index is 2.36. The first-order valence-corrected chi connectivity index (χ1v) is 6.17. The average molecular weight is 272 g/mol. The lowest BCUT2D eigenvalue weighted by molar-refractivity contribution is -0.384. The first-order valence-electron chi connectivity index (χ1n) is 6.17. The van der Waals surface area contributed by atoms with Crippen LogP contribution in [0.3, 0.4) is 0 Å². The highest BCUT2D eigenvalue weighted by molar-refractivity contribution is 5.56. The van der Waals surface area contributed by atoms with Crippen molar-refractivity contribution in [3.05, 3.63) is 63.2 Å². The zero-order chi connectivity index (χ0) is 14.7. The molecule has 0 bridgehead atoms. The molecule has 0 saturated carbocycles. The number of nitrogens with zero attached hydrogens (tertiary/aromatic N) is 1. The van der Waals surface area contributed by atoms with Crippen molar-refractivity contribution in [1.82, 2.24) is 0 Å². The summed E-state index contributed by atoms with van der Waals surface area (Å²) in [7, 11) is 1.58. The second kappa shape index (κ2) is 5.61. The highest BCUT2D eigenvalue weighted by Crippen LogP contribution is 2.26. The Morgan fingerprint density at radius 2 is 2.05 bits per heavy atom. The van der Waals surface area contributed by atoms with Crippen molar-refractivity contribution in [1.29, 1.82) is 0 Å². The number of methoxy groups -OCH3 is 1. The zero-order valence-corrected chi connectivity index (χ0v) is 11.4. The molecule has 5 nitrogen and oxygen atoms in total. The second-order valence-corrected chi connectivity index (χ2v) is 4.60. The van der Waals surface area contributed by atoms with E-state index in [4.69, 9.17) is 10.5 Å². The average Bonchev–Trinajstić information content (AvgIpc) is 2.43. The first-order chi connectivity index (χ1) is 9.51. The molecule has 0 aliphatic rings. The lowest BCUT2D eigenvalue weighted by atomic mass is 9.98. The van der Waals surface area contributed by atoms with Gasteiger partial charge in [-0.1, -0.05) is 12.1 Å². The molecule has 0 radical (unpaired) electrons. The molecule has 0 fully saturated rings. The lowest BCUT2D eigenvalue weighted by Gasteiger charge is -2.11. The molecular weight excluding hydrogens is 256 g/mol. The summed E-state index contributed by atoms with van der Waals surface area (Å²) < 4.78 is 5.20. The lowest BCUT2D eigenvalue weighted by Crippen LogP contribution is -1.99. The summed E-state index contributed by atoms with van der Waals surface area (Å²) in [6, 6.07) is 10.3. The Morgan fingerprint density at radius 1 is 1.30 bits per heavy atom. The minimum Gasteiger partial charge on any atom is -0.497 e. The van der Waals surface area contributed by atoms with Crippen LogP contribution >= 0.6 is 0 Å². The molecule has 2 aromatic carbocycles. The summed E-state index contributed by atoms with van der Waals surface area (Å²) in [6.45, 7) is 1.93. The molecule has 0 aliphatic carbocycles. The van der Waals surface area contributed by atoms with Crippen molar-refractivity contribution in [3.8, 4) is 5.75 Å². The van der Waals surface area contributed by atoms with Gasteiger partial charge in [0.15, 0.2) is 0 Å². The molecule has 0 spiro atoms. The predicted molar refractivity (Wildman–Crippen MR) is 78.0 cm³/mol. The number of non-ortho nitro benzene ring substituents is 1. The number of nitrogen functional groups attached to an aromatic ring is 1. The van der Waals surface area contributed by atoms with E-state index in [9.17, 15) is 10.1 Å². The molecule has 5 heteroatoms. The molecule has 0 aliphatic heterocycles. The number of hydrogen-bond acceptors (Lipinski definition) is 4. The van der Waals surface area contributed by atoms with Gasteiger partial charge >= 0.3 is 0 Å². The molecule has 2 rings (SSSR count). The molecule has 0 saturated heterocycles. The van der Waals surface area contributed by atoms with E-state index in [-0.39, 0.29) is 5.69 Å². The third-order valence-corrected chi connectivity index (χ3v) is 3.28. The van der Waals surface area contributed by atoms with Gasteiger partial charge in [0.05, 0.1) is 12.0 Å². The van der Waals surface area contributed by atoms with Gasteiger partial charge in [-0.2, -0.15) is 0 Å². The van der Waals surface area contributed by atoms with Gasteiger partial charge < -0.3 is 10.5 Å². The van der Waals surface area contributed by atoms with Crippen molar-refractivity contribution in [2.24, 2.45) is 0 Å². The Labute approximate surface area is 117 Å². The standard InChI is InChI=1S/C15H16N2O3/c1-10-12(8-14(20-2)9-15(10)16)6-11-4-3-5-13(7-11)17(18)19/h3-5,7-9H,6,16H2,1-2H3. The number of nitro groups is 1. The van der Waals surface area contributed by atoms with Crippen molar-refractivity contribution in [3.63, 3.8) is 0 Å². The fourth-order valence-electron chi connectivity index (χ4n) is 2.07. The molecule has 0 amide bonds. The molecule has 2 N–H and O–H groups in total. The SMILES string of the molecule is COc1cc(N)c(C)c(Cc2cccc([N+](=O)[O-])c2)c1. The normalized spacial score (nSPS) is 10.3. The molecule has 0 unspecified atom stereocenters. The highest BCUT2D eigenvalue weighted by Gasteiger charge is 2.09. The summed E-state index contributed by atoms with van der Waals surface area (Å²) in [5.41, 5.74) is 9.53. The van der Waals surface area contributed by atoms with Crippen molar-refractivity contribution in [2.45, 2.75) is 13.3 Å². The minimum atomic E-state index is -0.393. The van der Waals surface area contributed by atoms with E-state index in [1.165, 1.54) is 6.07 Å². The van der Waals surface area contributed by atoms with Crippen LogP contribution in [0.25, 0.3) is 0 Å². The maximum absolute atomic E-state index is 10.8.